The highest BCUT2D eigenvalue weighted by Gasteiger charge is 2.14. The maximum absolute atomic E-state index is 4.19. The molecule has 0 heterocycles. The van der Waals surface area contributed by atoms with Crippen LogP contribution in [0.2, 0.25) is 0 Å². The number of rotatable bonds is 10. The van der Waals surface area contributed by atoms with Crippen molar-refractivity contribution in [3.05, 3.63) is 47.7 Å². The Balaban J connectivity index is 2.49. The van der Waals surface area contributed by atoms with E-state index in [4.69, 9.17) is 0 Å². The molecule has 1 atom stereocenters. The topological polar surface area (TPSA) is 12.0 Å². The van der Waals surface area contributed by atoms with Gasteiger partial charge in [-0.3, -0.25) is 0 Å². The fourth-order valence-electron chi connectivity index (χ4n) is 3.03. The highest BCUT2D eigenvalue weighted by Crippen LogP contribution is 2.24. The van der Waals surface area contributed by atoms with Gasteiger partial charge in [0.15, 0.2) is 0 Å². The van der Waals surface area contributed by atoms with Gasteiger partial charge in [0.2, 0.25) is 0 Å². The lowest BCUT2D eigenvalue weighted by atomic mass is 9.90. The van der Waals surface area contributed by atoms with E-state index in [1.54, 1.807) is 0 Å². The molecule has 0 radical (unpaired) electrons. The lowest BCUT2D eigenvalue weighted by Crippen LogP contribution is -2.21. The third-order valence-corrected chi connectivity index (χ3v) is 4.18. The Labute approximate surface area is 144 Å². The molecule has 0 saturated heterocycles. The SMILES string of the molecule is C=C(CC(C)(C)C)NC(C)c1cccc(CCCCCCC)c1. The van der Waals surface area contributed by atoms with Gasteiger partial charge >= 0.3 is 0 Å². The van der Waals surface area contributed by atoms with E-state index in [1.807, 2.05) is 0 Å². The van der Waals surface area contributed by atoms with Crippen molar-refractivity contribution >= 4 is 0 Å². The van der Waals surface area contributed by atoms with Gasteiger partial charge in [0.25, 0.3) is 0 Å². The summed E-state index contributed by atoms with van der Waals surface area (Å²) in [6.45, 7) is 15.5. The van der Waals surface area contributed by atoms with E-state index in [0.29, 0.717) is 6.04 Å². The lowest BCUT2D eigenvalue weighted by Gasteiger charge is -2.24. The van der Waals surface area contributed by atoms with Crippen LogP contribution in [0.3, 0.4) is 0 Å². The van der Waals surface area contributed by atoms with Gasteiger partial charge in [0.05, 0.1) is 0 Å². The van der Waals surface area contributed by atoms with Crippen LogP contribution in [-0.2, 0) is 6.42 Å². The summed E-state index contributed by atoms with van der Waals surface area (Å²) in [4.78, 5) is 0. The first-order valence-electron chi connectivity index (χ1n) is 9.35. The molecular weight excluding hydrogens is 278 g/mol. The zero-order chi connectivity index (χ0) is 17.3. The third kappa shape index (κ3) is 8.83. The van der Waals surface area contributed by atoms with Crippen LogP contribution in [0.5, 0.6) is 0 Å². The van der Waals surface area contributed by atoms with Gasteiger partial charge in [-0.05, 0) is 42.7 Å². The largest absolute Gasteiger partial charge is 0.382 e. The molecule has 1 N–H and O–H groups in total. The normalized spacial score (nSPS) is 12.9. The number of allylic oxidation sites excluding steroid dienone is 1. The first-order valence-corrected chi connectivity index (χ1v) is 9.35. The molecule has 0 amide bonds. The molecule has 130 valence electrons. The number of hydrogen-bond acceptors (Lipinski definition) is 1. The highest BCUT2D eigenvalue weighted by molar-refractivity contribution is 5.26. The van der Waals surface area contributed by atoms with Gasteiger partial charge in [-0.25, -0.2) is 0 Å². The quantitative estimate of drug-likeness (QED) is 0.468. The van der Waals surface area contributed by atoms with Gasteiger partial charge in [-0.1, -0.05) is 84.2 Å². The van der Waals surface area contributed by atoms with Crippen molar-refractivity contribution in [2.45, 2.75) is 85.6 Å². The highest BCUT2D eigenvalue weighted by atomic mass is 14.9. The average molecular weight is 316 g/mol. The van der Waals surface area contributed by atoms with Gasteiger partial charge < -0.3 is 5.32 Å². The number of nitrogens with one attached hydrogen (secondary N) is 1. The summed E-state index contributed by atoms with van der Waals surface area (Å²) < 4.78 is 0. The van der Waals surface area contributed by atoms with E-state index in [1.165, 1.54) is 49.7 Å². The molecule has 23 heavy (non-hydrogen) atoms. The Morgan fingerprint density at radius 2 is 1.83 bits per heavy atom. The fourth-order valence-corrected chi connectivity index (χ4v) is 3.03. The second-order valence-electron chi connectivity index (χ2n) is 8.12. The predicted molar refractivity (Wildman–Crippen MR) is 104 cm³/mol. The first-order chi connectivity index (χ1) is 10.8. The lowest BCUT2D eigenvalue weighted by molar-refractivity contribution is 0.393. The Morgan fingerprint density at radius 1 is 1.13 bits per heavy atom. The average Bonchev–Trinajstić information content (AvgIpc) is 2.45. The van der Waals surface area contributed by atoms with Crippen molar-refractivity contribution < 1.29 is 0 Å². The summed E-state index contributed by atoms with van der Waals surface area (Å²) in [5.74, 6) is 0. The van der Waals surface area contributed by atoms with E-state index in [0.717, 1.165) is 12.1 Å². The van der Waals surface area contributed by atoms with Crippen LogP contribution >= 0.6 is 0 Å². The predicted octanol–water partition coefficient (Wildman–Crippen LogP) is 6.80. The first kappa shape index (κ1) is 19.8. The van der Waals surface area contributed by atoms with E-state index < -0.39 is 0 Å². The molecule has 1 aromatic rings. The molecule has 0 saturated carbocycles. The molecule has 1 heteroatoms. The van der Waals surface area contributed by atoms with Crippen LogP contribution < -0.4 is 5.32 Å². The number of benzene rings is 1. The van der Waals surface area contributed by atoms with Gasteiger partial charge in [0, 0.05) is 11.7 Å². The molecular formula is C22H37N. The minimum absolute atomic E-state index is 0.282. The molecule has 0 aliphatic rings. The van der Waals surface area contributed by atoms with E-state index >= 15 is 0 Å². The molecule has 1 rings (SSSR count). The molecule has 1 aromatic carbocycles. The fraction of sp³-hybridized carbons (Fsp3) is 0.636. The zero-order valence-corrected chi connectivity index (χ0v) is 16.0. The van der Waals surface area contributed by atoms with Crippen molar-refractivity contribution in [1.29, 1.82) is 0 Å². The summed E-state index contributed by atoms with van der Waals surface area (Å²) in [6, 6.07) is 9.37. The standard InChI is InChI=1S/C22H37N/c1-7-8-9-10-11-13-20-14-12-15-21(16-20)19(3)23-18(2)17-22(4,5)6/h12,14-16,19,23H,2,7-11,13,17H2,1,3-6H3. The zero-order valence-electron chi connectivity index (χ0n) is 16.0. The second-order valence-corrected chi connectivity index (χ2v) is 8.12. The van der Waals surface area contributed by atoms with Gasteiger partial charge in [0.1, 0.15) is 0 Å². The maximum Gasteiger partial charge on any atom is 0.0482 e. The molecule has 0 aliphatic heterocycles. The van der Waals surface area contributed by atoms with Crippen LogP contribution in [0.25, 0.3) is 0 Å². The molecule has 1 nitrogen and oxygen atoms in total. The van der Waals surface area contributed by atoms with Crippen molar-refractivity contribution in [1.82, 2.24) is 5.32 Å². The van der Waals surface area contributed by atoms with Crippen LogP contribution in [0.15, 0.2) is 36.5 Å². The van der Waals surface area contributed by atoms with Crippen LogP contribution in [0.4, 0.5) is 0 Å². The Bertz CT molecular complexity index is 467. The third-order valence-electron chi connectivity index (χ3n) is 4.18. The van der Waals surface area contributed by atoms with Crippen molar-refractivity contribution in [2.24, 2.45) is 5.41 Å². The molecule has 0 aromatic heterocycles. The van der Waals surface area contributed by atoms with E-state index in [-0.39, 0.29) is 5.41 Å². The number of aryl methyl sites for hydroxylation is 1. The second kappa shape index (κ2) is 9.80. The van der Waals surface area contributed by atoms with E-state index in [9.17, 15) is 0 Å². The Kier molecular flexibility index (Phi) is 8.44. The maximum atomic E-state index is 4.19. The van der Waals surface area contributed by atoms with Crippen LogP contribution in [-0.4, -0.2) is 0 Å². The summed E-state index contributed by atoms with van der Waals surface area (Å²) >= 11 is 0. The summed E-state index contributed by atoms with van der Waals surface area (Å²) in [5.41, 5.74) is 4.25. The minimum Gasteiger partial charge on any atom is -0.382 e. The summed E-state index contributed by atoms with van der Waals surface area (Å²) in [7, 11) is 0. The molecule has 0 aliphatic carbocycles. The van der Waals surface area contributed by atoms with Gasteiger partial charge in [-0.15, -0.1) is 0 Å². The van der Waals surface area contributed by atoms with Crippen molar-refractivity contribution in [3.8, 4) is 0 Å². The minimum atomic E-state index is 0.282. The molecule has 0 fully saturated rings. The monoisotopic (exact) mass is 315 g/mol. The summed E-state index contributed by atoms with van der Waals surface area (Å²) in [5, 5.41) is 3.57. The van der Waals surface area contributed by atoms with Crippen LogP contribution in [0.1, 0.15) is 90.3 Å². The molecule has 0 spiro atoms. The van der Waals surface area contributed by atoms with Crippen molar-refractivity contribution in [2.75, 3.05) is 0 Å². The van der Waals surface area contributed by atoms with Gasteiger partial charge in [-0.2, -0.15) is 0 Å². The Morgan fingerprint density at radius 3 is 2.48 bits per heavy atom. The number of unbranched alkanes of at least 4 members (excludes halogenated alkanes) is 4. The van der Waals surface area contributed by atoms with Crippen molar-refractivity contribution in [3.63, 3.8) is 0 Å². The molecule has 0 bridgehead atoms. The smallest absolute Gasteiger partial charge is 0.0482 e. The van der Waals surface area contributed by atoms with E-state index in [2.05, 4.69) is 70.8 Å². The van der Waals surface area contributed by atoms with Crippen LogP contribution in [0, 0.1) is 5.41 Å². The molecule has 1 unspecified atom stereocenters. The summed E-state index contributed by atoms with van der Waals surface area (Å²) in [6.07, 6.45) is 8.94. The Hall–Kier alpha value is -1.24. The number of hydrogen-bond donors (Lipinski definition) is 1.